The number of nitrogens with zero attached hydrogens (tertiary/aromatic N) is 2. The van der Waals surface area contributed by atoms with Crippen LogP contribution in [-0.4, -0.2) is 20.6 Å². The highest BCUT2D eigenvalue weighted by atomic mass is 16.4. The molecule has 5 heteroatoms. The second-order valence-corrected chi connectivity index (χ2v) is 3.45. The van der Waals surface area contributed by atoms with Gasteiger partial charge in [-0.05, 0) is 19.1 Å². The van der Waals surface area contributed by atoms with Crippen molar-refractivity contribution in [2.75, 3.05) is 0 Å². The molecule has 0 spiro atoms. The maximum atomic E-state index is 11.0. The van der Waals surface area contributed by atoms with E-state index in [0.29, 0.717) is 17.9 Å². The maximum absolute atomic E-state index is 11.0. The van der Waals surface area contributed by atoms with Gasteiger partial charge in [-0.3, -0.25) is 0 Å². The number of hydrogen-bond donors (Lipinski definition) is 2. The summed E-state index contributed by atoms with van der Waals surface area (Å²) >= 11 is 0. The van der Waals surface area contributed by atoms with Crippen molar-refractivity contribution in [2.24, 2.45) is 5.73 Å². The van der Waals surface area contributed by atoms with Crippen LogP contribution in [0.2, 0.25) is 0 Å². The summed E-state index contributed by atoms with van der Waals surface area (Å²) in [5, 5.41) is 9.05. The molecule has 84 valence electrons. The highest BCUT2D eigenvalue weighted by molar-refractivity contribution is 6.01. The SMILES string of the molecule is CCn1c(CN)nc2c(C(=O)O)cccc21. The van der Waals surface area contributed by atoms with Gasteiger partial charge in [-0.2, -0.15) is 0 Å². The molecule has 1 aromatic heterocycles. The van der Waals surface area contributed by atoms with Crippen molar-refractivity contribution in [1.82, 2.24) is 9.55 Å². The van der Waals surface area contributed by atoms with Gasteiger partial charge in [0.25, 0.3) is 0 Å². The summed E-state index contributed by atoms with van der Waals surface area (Å²) in [6, 6.07) is 5.13. The van der Waals surface area contributed by atoms with Crippen LogP contribution >= 0.6 is 0 Å². The van der Waals surface area contributed by atoms with E-state index in [1.165, 1.54) is 0 Å². The topological polar surface area (TPSA) is 81.1 Å². The first-order chi connectivity index (χ1) is 7.69. The van der Waals surface area contributed by atoms with Crippen LogP contribution in [0.3, 0.4) is 0 Å². The average Bonchev–Trinajstić information content (AvgIpc) is 2.65. The van der Waals surface area contributed by atoms with Gasteiger partial charge in [-0.15, -0.1) is 0 Å². The number of carbonyl (C=O) groups is 1. The highest BCUT2D eigenvalue weighted by Crippen LogP contribution is 2.20. The number of aromatic nitrogens is 2. The van der Waals surface area contributed by atoms with Gasteiger partial charge in [0.05, 0.1) is 17.6 Å². The van der Waals surface area contributed by atoms with Gasteiger partial charge in [0.15, 0.2) is 0 Å². The van der Waals surface area contributed by atoms with E-state index in [2.05, 4.69) is 4.98 Å². The predicted molar refractivity (Wildman–Crippen MR) is 60.3 cm³/mol. The van der Waals surface area contributed by atoms with Crippen LogP contribution in [0.4, 0.5) is 0 Å². The van der Waals surface area contributed by atoms with Crippen molar-refractivity contribution >= 4 is 17.0 Å². The van der Waals surface area contributed by atoms with Crippen LogP contribution < -0.4 is 5.73 Å². The number of nitrogens with two attached hydrogens (primary N) is 1. The molecule has 3 N–H and O–H groups in total. The van der Waals surface area contributed by atoms with E-state index in [9.17, 15) is 4.79 Å². The van der Waals surface area contributed by atoms with Gasteiger partial charge in [0, 0.05) is 6.54 Å². The van der Waals surface area contributed by atoms with E-state index in [0.717, 1.165) is 12.1 Å². The first-order valence-corrected chi connectivity index (χ1v) is 5.10. The average molecular weight is 219 g/mol. The van der Waals surface area contributed by atoms with E-state index in [1.807, 2.05) is 17.6 Å². The molecule has 0 amide bonds. The Labute approximate surface area is 92.5 Å². The smallest absolute Gasteiger partial charge is 0.337 e. The molecule has 16 heavy (non-hydrogen) atoms. The minimum absolute atomic E-state index is 0.222. The summed E-state index contributed by atoms with van der Waals surface area (Å²) in [6.45, 7) is 3.02. The van der Waals surface area contributed by atoms with Gasteiger partial charge in [-0.1, -0.05) is 6.07 Å². The quantitative estimate of drug-likeness (QED) is 0.813. The van der Waals surface area contributed by atoms with Crippen molar-refractivity contribution < 1.29 is 9.90 Å². The monoisotopic (exact) mass is 219 g/mol. The molecular formula is C11H13N3O2. The number of aryl methyl sites for hydroxylation is 1. The number of rotatable bonds is 3. The Morgan fingerprint density at radius 1 is 1.56 bits per heavy atom. The third-order valence-electron chi connectivity index (χ3n) is 2.59. The fourth-order valence-electron chi connectivity index (χ4n) is 1.88. The van der Waals surface area contributed by atoms with Crippen LogP contribution in [0, 0.1) is 0 Å². The number of carboxylic acids is 1. The van der Waals surface area contributed by atoms with Gasteiger partial charge < -0.3 is 15.4 Å². The fraction of sp³-hybridized carbons (Fsp3) is 0.273. The van der Waals surface area contributed by atoms with E-state index in [1.54, 1.807) is 12.1 Å². The Balaban J connectivity index is 2.80. The zero-order valence-corrected chi connectivity index (χ0v) is 8.97. The summed E-state index contributed by atoms with van der Waals surface area (Å²) in [5.41, 5.74) is 7.14. The number of aromatic carboxylic acids is 1. The van der Waals surface area contributed by atoms with Crippen molar-refractivity contribution in [2.45, 2.75) is 20.0 Å². The lowest BCUT2D eigenvalue weighted by Gasteiger charge is -2.03. The van der Waals surface area contributed by atoms with E-state index in [-0.39, 0.29) is 5.56 Å². The Kier molecular flexibility index (Phi) is 2.62. The molecule has 0 unspecified atom stereocenters. The molecule has 0 atom stereocenters. The van der Waals surface area contributed by atoms with Crippen molar-refractivity contribution in [3.05, 3.63) is 29.6 Å². The number of para-hydroxylation sites is 1. The standard InChI is InChI=1S/C11H13N3O2/c1-2-14-8-5-3-4-7(11(15)16)10(8)13-9(14)6-12/h3-5H,2,6,12H2,1H3,(H,15,16). The Morgan fingerprint density at radius 2 is 2.31 bits per heavy atom. The van der Waals surface area contributed by atoms with E-state index < -0.39 is 5.97 Å². The number of hydrogen-bond acceptors (Lipinski definition) is 3. The van der Waals surface area contributed by atoms with Gasteiger partial charge in [0.2, 0.25) is 0 Å². The highest BCUT2D eigenvalue weighted by Gasteiger charge is 2.14. The first kappa shape index (κ1) is 10.6. The fourth-order valence-corrected chi connectivity index (χ4v) is 1.88. The lowest BCUT2D eigenvalue weighted by atomic mass is 10.2. The second-order valence-electron chi connectivity index (χ2n) is 3.45. The zero-order chi connectivity index (χ0) is 11.7. The summed E-state index contributed by atoms with van der Waals surface area (Å²) in [6.07, 6.45) is 0. The normalized spacial score (nSPS) is 10.9. The maximum Gasteiger partial charge on any atom is 0.337 e. The molecule has 0 saturated heterocycles. The third-order valence-corrected chi connectivity index (χ3v) is 2.59. The van der Waals surface area contributed by atoms with Crippen LogP contribution in [0.25, 0.3) is 11.0 Å². The van der Waals surface area contributed by atoms with Gasteiger partial charge >= 0.3 is 5.97 Å². The molecule has 2 aromatic rings. The predicted octanol–water partition coefficient (Wildman–Crippen LogP) is 1.21. The van der Waals surface area contributed by atoms with Crippen LogP contribution in [-0.2, 0) is 13.1 Å². The Morgan fingerprint density at radius 3 is 2.88 bits per heavy atom. The van der Waals surface area contributed by atoms with Crippen molar-refractivity contribution in [3.8, 4) is 0 Å². The molecule has 2 rings (SSSR count). The van der Waals surface area contributed by atoms with Crippen LogP contribution in [0.1, 0.15) is 23.1 Å². The van der Waals surface area contributed by atoms with Gasteiger partial charge in [-0.25, -0.2) is 9.78 Å². The molecule has 0 radical (unpaired) electrons. The van der Waals surface area contributed by atoms with Crippen molar-refractivity contribution in [1.29, 1.82) is 0 Å². The molecule has 0 aliphatic rings. The van der Waals surface area contributed by atoms with Crippen LogP contribution in [0.15, 0.2) is 18.2 Å². The number of imidazole rings is 1. The number of carboxylic acid groups (broad SMARTS) is 1. The van der Waals surface area contributed by atoms with Crippen LogP contribution in [0.5, 0.6) is 0 Å². The third kappa shape index (κ3) is 1.45. The molecule has 1 heterocycles. The minimum Gasteiger partial charge on any atom is -0.478 e. The molecule has 0 aliphatic heterocycles. The molecule has 5 nitrogen and oxygen atoms in total. The molecule has 1 aromatic carbocycles. The largest absolute Gasteiger partial charge is 0.478 e. The lowest BCUT2D eigenvalue weighted by molar-refractivity contribution is 0.0699. The second kappa shape index (κ2) is 3.94. The zero-order valence-electron chi connectivity index (χ0n) is 8.97. The summed E-state index contributed by atoms with van der Waals surface area (Å²) in [7, 11) is 0. The summed E-state index contributed by atoms with van der Waals surface area (Å²) < 4.78 is 1.93. The van der Waals surface area contributed by atoms with E-state index >= 15 is 0 Å². The molecule has 0 fully saturated rings. The molecule has 0 saturated carbocycles. The molecule has 0 bridgehead atoms. The Bertz CT molecular complexity index is 545. The minimum atomic E-state index is -0.963. The first-order valence-electron chi connectivity index (χ1n) is 5.10. The number of benzene rings is 1. The summed E-state index contributed by atoms with van der Waals surface area (Å²) in [4.78, 5) is 15.3. The Hall–Kier alpha value is -1.88. The van der Waals surface area contributed by atoms with Gasteiger partial charge in [0.1, 0.15) is 11.3 Å². The van der Waals surface area contributed by atoms with E-state index in [4.69, 9.17) is 10.8 Å². The van der Waals surface area contributed by atoms with Crippen molar-refractivity contribution in [3.63, 3.8) is 0 Å². The lowest BCUT2D eigenvalue weighted by Crippen LogP contribution is -2.06. The number of fused-ring (bicyclic) bond motifs is 1. The summed E-state index contributed by atoms with van der Waals surface area (Å²) in [5.74, 6) is -0.249. The molecule has 0 aliphatic carbocycles. The molecular weight excluding hydrogens is 206 g/mol.